The third-order valence-corrected chi connectivity index (χ3v) is 3.58. The first-order chi connectivity index (χ1) is 12.0. The Hall–Kier alpha value is -3.09. The van der Waals surface area contributed by atoms with Crippen LogP contribution in [0.15, 0.2) is 47.1 Å². The minimum atomic E-state index is -0.446. The lowest BCUT2D eigenvalue weighted by Crippen LogP contribution is -2.33. The van der Waals surface area contributed by atoms with Crippen LogP contribution in [0.2, 0.25) is 0 Å². The molecule has 0 bridgehead atoms. The highest BCUT2D eigenvalue weighted by molar-refractivity contribution is 5.94. The first kappa shape index (κ1) is 18.3. The number of hydrogen-bond donors (Lipinski definition) is 1. The molecule has 0 saturated heterocycles. The molecule has 2 aromatic rings. The zero-order chi connectivity index (χ0) is 18.2. The third-order valence-electron chi connectivity index (χ3n) is 3.58. The molecule has 1 aromatic heterocycles. The van der Waals surface area contributed by atoms with Crippen LogP contribution in [0.1, 0.15) is 29.5 Å². The van der Waals surface area contributed by atoms with E-state index in [4.69, 9.17) is 4.42 Å². The summed E-state index contributed by atoms with van der Waals surface area (Å²) in [5.74, 6) is -0.160. The Morgan fingerprint density at radius 3 is 2.44 bits per heavy atom. The monoisotopic (exact) mass is 344 g/mol. The summed E-state index contributed by atoms with van der Waals surface area (Å²) >= 11 is 0. The fourth-order valence-corrected chi connectivity index (χ4v) is 2.26. The number of furan rings is 1. The van der Waals surface area contributed by atoms with Gasteiger partial charge in [-0.3, -0.25) is 9.59 Å². The number of ether oxygens (including phenoxy) is 1. The van der Waals surface area contributed by atoms with Crippen molar-refractivity contribution < 1.29 is 23.5 Å². The van der Waals surface area contributed by atoms with Gasteiger partial charge in [0.1, 0.15) is 5.76 Å². The molecule has 1 aromatic carbocycles. The van der Waals surface area contributed by atoms with E-state index in [1.807, 2.05) is 0 Å². The van der Waals surface area contributed by atoms with Gasteiger partial charge in [0, 0.05) is 25.6 Å². The average Bonchev–Trinajstić information content (AvgIpc) is 3.13. The smallest absolute Gasteiger partial charge is 0.337 e. The Labute approximate surface area is 145 Å². The van der Waals surface area contributed by atoms with E-state index in [-0.39, 0.29) is 24.8 Å². The third kappa shape index (κ3) is 5.20. The van der Waals surface area contributed by atoms with Gasteiger partial charge in [-0.2, -0.15) is 0 Å². The fraction of sp³-hybridized carbons (Fsp3) is 0.278. The Morgan fingerprint density at radius 2 is 1.88 bits per heavy atom. The summed E-state index contributed by atoms with van der Waals surface area (Å²) < 4.78 is 9.78. The van der Waals surface area contributed by atoms with E-state index in [1.54, 1.807) is 36.4 Å². The van der Waals surface area contributed by atoms with Crippen molar-refractivity contribution in [2.75, 3.05) is 18.6 Å². The van der Waals surface area contributed by atoms with Crippen molar-refractivity contribution >= 4 is 23.5 Å². The van der Waals surface area contributed by atoms with Gasteiger partial charge in [0.2, 0.25) is 11.8 Å². The molecule has 1 heterocycles. The molecule has 25 heavy (non-hydrogen) atoms. The molecule has 7 heteroatoms. The number of nitrogens with one attached hydrogen (secondary N) is 1. The first-order valence-corrected chi connectivity index (χ1v) is 7.77. The van der Waals surface area contributed by atoms with Crippen LogP contribution in [0.25, 0.3) is 0 Å². The number of nitrogens with zero attached hydrogens (tertiary/aromatic N) is 1. The standard InChI is InChI=1S/C18H20N2O5/c1-13(21)20(15-7-5-14(6-8-15)18(23)24-2)10-9-17(22)19-12-16-4-3-11-25-16/h3-8,11H,9-10,12H2,1-2H3,(H,19,22). The molecule has 0 aliphatic heterocycles. The van der Waals surface area contributed by atoms with Gasteiger partial charge in [0.05, 0.1) is 25.5 Å². The number of carbonyl (C=O) groups excluding carboxylic acids is 3. The molecule has 1 N–H and O–H groups in total. The lowest BCUT2D eigenvalue weighted by Gasteiger charge is -2.21. The summed E-state index contributed by atoms with van der Waals surface area (Å²) in [6, 6.07) is 9.97. The number of hydrogen-bond acceptors (Lipinski definition) is 5. The molecule has 7 nitrogen and oxygen atoms in total. The molecular formula is C18H20N2O5. The Morgan fingerprint density at radius 1 is 1.16 bits per heavy atom. The van der Waals surface area contributed by atoms with Crippen molar-refractivity contribution in [1.29, 1.82) is 0 Å². The molecule has 0 unspecified atom stereocenters. The summed E-state index contributed by atoms with van der Waals surface area (Å²) in [6.07, 6.45) is 1.69. The van der Waals surface area contributed by atoms with Gasteiger partial charge >= 0.3 is 5.97 Å². The summed E-state index contributed by atoms with van der Waals surface area (Å²) in [5.41, 5.74) is 1.00. The van der Waals surface area contributed by atoms with Crippen LogP contribution in [-0.2, 0) is 20.9 Å². The van der Waals surface area contributed by atoms with Crippen molar-refractivity contribution in [3.8, 4) is 0 Å². The van der Waals surface area contributed by atoms with Crippen LogP contribution in [-0.4, -0.2) is 31.4 Å². The summed E-state index contributed by atoms with van der Waals surface area (Å²) in [7, 11) is 1.31. The van der Waals surface area contributed by atoms with E-state index < -0.39 is 5.97 Å². The molecule has 2 rings (SSSR count). The van der Waals surface area contributed by atoms with Crippen molar-refractivity contribution in [2.24, 2.45) is 0 Å². The molecule has 0 aliphatic carbocycles. The Bertz CT molecular complexity index is 722. The van der Waals surface area contributed by atoms with Crippen LogP contribution < -0.4 is 10.2 Å². The maximum Gasteiger partial charge on any atom is 0.337 e. The van der Waals surface area contributed by atoms with Gasteiger partial charge in [0.15, 0.2) is 0 Å². The van der Waals surface area contributed by atoms with E-state index >= 15 is 0 Å². The van der Waals surface area contributed by atoms with Crippen LogP contribution in [0.4, 0.5) is 5.69 Å². The summed E-state index contributed by atoms with van der Waals surface area (Å²) in [4.78, 5) is 36.7. The van der Waals surface area contributed by atoms with Gasteiger partial charge in [0.25, 0.3) is 0 Å². The lowest BCUT2D eigenvalue weighted by atomic mass is 10.2. The van der Waals surface area contributed by atoms with Gasteiger partial charge in [-0.25, -0.2) is 4.79 Å². The van der Waals surface area contributed by atoms with E-state index in [9.17, 15) is 14.4 Å². The number of methoxy groups -OCH3 is 1. The molecular weight excluding hydrogens is 324 g/mol. The molecule has 0 radical (unpaired) electrons. The second-order valence-corrected chi connectivity index (χ2v) is 5.32. The maximum absolute atomic E-state index is 11.9. The highest BCUT2D eigenvalue weighted by atomic mass is 16.5. The second-order valence-electron chi connectivity index (χ2n) is 5.32. The van der Waals surface area contributed by atoms with Crippen molar-refractivity contribution in [3.63, 3.8) is 0 Å². The van der Waals surface area contributed by atoms with E-state index in [2.05, 4.69) is 10.1 Å². The second kappa shape index (κ2) is 8.68. The van der Waals surface area contributed by atoms with Crippen LogP contribution in [0, 0.1) is 0 Å². The first-order valence-electron chi connectivity index (χ1n) is 7.77. The predicted molar refractivity (Wildman–Crippen MR) is 91.0 cm³/mol. The number of carbonyl (C=O) groups is 3. The van der Waals surface area contributed by atoms with Gasteiger partial charge in [-0.1, -0.05) is 0 Å². The molecule has 0 atom stereocenters. The number of rotatable bonds is 7. The van der Waals surface area contributed by atoms with E-state index in [1.165, 1.54) is 25.2 Å². The molecule has 0 spiro atoms. The quantitative estimate of drug-likeness (QED) is 0.777. The van der Waals surface area contributed by atoms with Crippen LogP contribution >= 0.6 is 0 Å². The number of amides is 2. The number of anilines is 1. The topological polar surface area (TPSA) is 88.8 Å². The van der Waals surface area contributed by atoms with Gasteiger partial charge in [-0.15, -0.1) is 0 Å². The zero-order valence-electron chi connectivity index (χ0n) is 14.2. The van der Waals surface area contributed by atoms with Gasteiger partial charge in [-0.05, 0) is 36.4 Å². The summed E-state index contributed by atoms with van der Waals surface area (Å²) in [5, 5.41) is 2.73. The number of benzene rings is 1. The van der Waals surface area contributed by atoms with Crippen molar-refractivity contribution in [1.82, 2.24) is 5.32 Å². The lowest BCUT2D eigenvalue weighted by molar-refractivity contribution is -0.121. The molecule has 0 fully saturated rings. The number of esters is 1. The highest BCUT2D eigenvalue weighted by Gasteiger charge is 2.14. The van der Waals surface area contributed by atoms with Crippen LogP contribution in [0.5, 0.6) is 0 Å². The largest absolute Gasteiger partial charge is 0.467 e. The Balaban J connectivity index is 1.92. The molecule has 132 valence electrons. The molecule has 0 saturated carbocycles. The Kier molecular flexibility index (Phi) is 6.33. The highest BCUT2D eigenvalue weighted by Crippen LogP contribution is 2.16. The van der Waals surface area contributed by atoms with Crippen molar-refractivity contribution in [3.05, 3.63) is 54.0 Å². The molecule has 2 amide bonds. The fourth-order valence-electron chi connectivity index (χ4n) is 2.26. The van der Waals surface area contributed by atoms with Gasteiger partial charge < -0.3 is 19.4 Å². The minimum absolute atomic E-state index is 0.152. The zero-order valence-corrected chi connectivity index (χ0v) is 14.2. The van der Waals surface area contributed by atoms with Crippen molar-refractivity contribution in [2.45, 2.75) is 19.9 Å². The SMILES string of the molecule is COC(=O)c1ccc(N(CCC(=O)NCc2ccco2)C(C)=O)cc1. The summed E-state index contributed by atoms with van der Waals surface area (Å²) in [6.45, 7) is 1.96. The normalized spacial score (nSPS) is 10.2. The van der Waals surface area contributed by atoms with Crippen LogP contribution in [0.3, 0.4) is 0 Å². The van der Waals surface area contributed by atoms with E-state index in [0.29, 0.717) is 23.6 Å². The predicted octanol–water partition coefficient (Wildman–Crippen LogP) is 2.13. The average molecular weight is 344 g/mol. The molecule has 0 aliphatic rings. The maximum atomic E-state index is 11.9. The minimum Gasteiger partial charge on any atom is -0.467 e. The van der Waals surface area contributed by atoms with E-state index in [0.717, 1.165) is 0 Å².